The summed E-state index contributed by atoms with van der Waals surface area (Å²) in [7, 11) is 0. The number of urea groups is 1. The van der Waals surface area contributed by atoms with Gasteiger partial charge in [0.15, 0.2) is 0 Å². The zero-order chi connectivity index (χ0) is 17.8. The molecule has 3 fully saturated rings. The van der Waals surface area contributed by atoms with Crippen LogP contribution in [-0.4, -0.2) is 34.8 Å². The highest BCUT2D eigenvalue weighted by atomic mass is 35.5. The minimum Gasteiger partial charge on any atom is -0.324 e. The summed E-state index contributed by atoms with van der Waals surface area (Å²) >= 11 is 6.05. The van der Waals surface area contributed by atoms with Gasteiger partial charge in [-0.1, -0.05) is 17.7 Å². The number of carbonyl (C=O) groups excluding carboxylic acids is 3. The van der Waals surface area contributed by atoms with Crippen LogP contribution in [0.4, 0.5) is 10.5 Å². The van der Waals surface area contributed by atoms with Crippen LogP contribution in [0.5, 0.6) is 0 Å². The Morgan fingerprint density at radius 1 is 1.28 bits per heavy atom. The maximum absolute atomic E-state index is 13.0. The van der Waals surface area contributed by atoms with Crippen molar-refractivity contribution in [3.05, 3.63) is 28.8 Å². The number of nitrogens with zero attached hydrogens (tertiary/aromatic N) is 1. The number of carbonyl (C=O) groups is 3. The average molecular weight is 362 g/mol. The van der Waals surface area contributed by atoms with E-state index >= 15 is 0 Å². The first kappa shape index (κ1) is 16.4. The SMILES string of the molecule is Cc1c(Cl)cccc1NC(=O)CN1C(=O)NC(C2CC2)(C2CC2)C1=O. The van der Waals surface area contributed by atoms with Crippen molar-refractivity contribution in [2.24, 2.45) is 11.8 Å². The second kappa shape index (κ2) is 5.73. The molecule has 4 amide bonds. The highest BCUT2D eigenvalue weighted by molar-refractivity contribution is 6.31. The monoisotopic (exact) mass is 361 g/mol. The van der Waals surface area contributed by atoms with Crippen LogP contribution in [0.3, 0.4) is 0 Å². The van der Waals surface area contributed by atoms with E-state index in [9.17, 15) is 14.4 Å². The molecule has 7 heteroatoms. The van der Waals surface area contributed by atoms with Crippen molar-refractivity contribution in [3.63, 3.8) is 0 Å². The minimum absolute atomic E-state index is 0.222. The molecule has 132 valence electrons. The number of nitrogens with one attached hydrogen (secondary N) is 2. The van der Waals surface area contributed by atoms with Gasteiger partial charge >= 0.3 is 6.03 Å². The Kier molecular flexibility index (Phi) is 3.76. The lowest BCUT2D eigenvalue weighted by Crippen LogP contribution is -2.51. The van der Waals surface area contributed by atoms with Gasteiger partial charge in [0, 0.05) is 10.7 Å². The third-order valence-electron chi connectivity index (χ3n) is 5.44. The first-order chi connectivity index (χ1) is 11.9. The number of imide groups is 1. The van der Waals surface area contributed by atoms with Crippen LogP contribution in [0.1, 0.15) is 31.2 Å². The van der Waals surface area contributed by atoms with Crippen molar-refractivity contribution in [1.82, 2.24) is 10.2 Å². The van der Waals surface area contributed by atoms with E-state index in [1.807, 2.05) is 0 Å². The third-order valence-corrected chi connectivity index (χ3v) is 5.85. The third kappa shape index (κ3) is 2.68. The normalized spacial score (nSPS) is 22.1. The molecule has 6 nitrogen and oxygen atoms in total. The van der Waals surface area contributed by atoms with Gasteiger partial charge in [0.05, 0.1) is 0 Å². The second-order valence-electron chi connectivity index (χ2n) is 7.20. The summed E-state index contributed by atoms with van der Waals surface area (Å²) in [4.78, 5) is 38.8. The van der Waals surface area contributed by atoms with Gasteiger partial charge in [0.1, 0.15) is 12.1 Å². The van der Waals surface area contributed by atoms with Gasteiger partial charge in [-0.05, 0) is 62.1 Å². The molecule has 0 atom stereocenters. The minimum atomic E-state index is -0.761. The fourth-order valence-electron chi connectivity index (χ4n) is 3.80. The molecule has 3 aliphatic rings. The van der Waals surface area contributed by atoms with E-state index < -0.39 is 17.5 Å². The van der Waals surface area contributed by atoms with Crippen LogP contribution >= 0.6 is 11.6 Å². The zero-order valence-corrected chi connectivity index (χ0v) is 14.7. The standard InChI is InChI=1S/C18H20ClN3O3/c1-10-13(19)3-2-4-14(10)20-15(23)9-22-16(24)18(11-5-6-11,12-7-8-12)21-17(22)25/h2-4,11-12H,5-9H2,1H3,(H,20,23)(H,21,25). The number of hydrogen-bond acceptors (Lipinski definition) is 3. The molecule has 0 unspecified atom stereocenters. The van der Waals surface area contributed by atoms with Crippen molar-refractivity contribution < 1.29 is 14.4 Å². The molecule has 2 saturated carbocycles. The first-order valence-corrected chi connectivity index (χ1v) is 9.00. The van der Waals surface area contributed by atoms with Gasteiger partial charge in [0.25, 0.3) is 5.91 Å². The molecular formula is C18H20ClN3O3. The summed E-state index contributed by atoms with van der Waals surface area (Å²) in [6.45, 7) is 1.52. The molecule has 0 aromatic heterocycles. The quantitative estimate of drug-likeness (QED) is 0.791. The second-order valence-corrected chi connectivity index (χ2v) is 7.61. The van der Waals surface area contributed by atoms with Gasteiger partial charge < -0.3 is 10.6 Å². The van der Waals surface area contributed by atoms with Crippen LogP contribution in [0.2, 0.25) is 5.02 Å². The van der Waals surface area contributed by atoms with Crippen molar-refractivity contribution in [1.29, 1.82) is 0 Å². The van der Waals surface area contributed by atoms with Crippen LogP contribution in [0, 0.1) is 18.8 Å². The van der Waals surface area contributed by atoms with Gasteiger partial charge in [-0.15, -0.1) is 0 Å². The maximum atomic E-state index is 13.0. The molecule has 1 saturated heterocycles. The van der Waals surface area contributed by atoms with Gasteiger partial charge in [-0.3, -0.25) is 14.5 Å². The van der Waals surface area contributed by atoms with E-state index in [0.717, 1.165) is 36.1 Å². The number of hydrogen-bond donors (Lipinski definition) is 2. The fraction of sp³-hybridized carbons (Fsp3) is 0.500. The maximum Gasteiger partial charge on any atom is 0.325 e. The van der Waals surface area contributed by atoms with Crippen LogP contribution < -0.4 is 10.6 Å². The van der Waals surface area contributed by atoms with Crippen molar-refractivity contribution in [2.45, 2.75) is 38.1 Å². The molecule has 1 aromatic carbocycles. The Labute approximate surface area is 150 Å². The van der Waals surface area contributed by atoms with Gasteiger partial charge in [-0.2, -0.15) is 0 Å². The fourth-order valence-corrected chi connectivity index (χ4v) is 3.97. The van der Waals surface area contributed by atoms with Crippen molar-refractivity contribution >= 4 is 35.1 Å². The lowest BCUT2D eigenvalue weighted by atomic mass is 9.87. The zero-order valence-electron chi connectivity index (χ0n) is 14.0. The summed E-state index contributed by atoms with van der Waals surface area (Å²) in [5.41, 5.74) is 0.573. The topological polar surface area (TPSA) is 78.5 Å². The Hall–Kier alpha value is -2.08. The highest BCUT2D eigenvalue weighted by Crippen LogP contribution is 2.54. The summed E-state index contributed by atoms with van der Waals surface area (Å²) in [6, 6.07) is 4.76. The van der Waals surface area contributed by atoms with E-state index in [2.05, 4.69) is 10.6 Å². The smallest absolute Gasteiger partial charge is 0.324 e. The average Bonchev–Trinajstić information content (AvgIpc) is 3.46. The van der Waals surface area contributed by atoms with E-state index in [0.29, 0.717) is 10.7 Å². The van der Waals surface area contributed by atoms with Crippen molar-refractivity contribution in [3.8, 4) is 0 Å². The summed E-state index contributed by atoms with van der Waals surface area (Å²) < 4.78 is 0. The van der Waals surface area contributed by atoms with Crippen LogP contribution in [0.15, 0.2) is 18.2 Å². The molecule has 4 rings (SSSR count). The number of benzene rings is 1. The number of anilines is 1. The Morgan fingerprint density at radius 2 is 1.92 bits per heavy atom. The first-order valence-electron chi connectivity index (χ1n) is 8.62. The predicted molar refractivity (Wildman–Crippen MR) is 93.2 cm³/mol. The number of amides is 4. The van der Waals surface area contributed by atoms with Gasteiger partial charge in [-0.25, -0.2) is 4.79 Å². The highest BCUT2D eigenvalue weighted by Gasteiger charge is 2.65. The molecule has 0 spiro atoms. The lowest BCUT2D eigenvalue weighted by molar-refractivity contribution is -0.135. The molecular weight excluding hydrogens is 342 g/mol. The van der Waals surface area contributed by atoms with E-state index in [1.54, 1.807) is 25.1 Å². The Bertz CT molecular complexity index is 759. The molecule has 2 N–H and O–H groups in total. The van der Waals surface area contributed by atoms with Crippen molar-refractivity contribution in [2.75, 3.05) is 11.9 Å². The molecule has 1 aliphatic heterocycles. The molecule has 0 radical (unpaired) electrons. The Balaban J connectivity index is 1.49. The summed E-state index contributed by atoms with van der Waals surface area (Å²) in [5, 5.41) is 6.21. The van der Waals surface area contributed by atoms with E-state index in [1.165, 1.54) is 0 Å². The molecule has 1 aromatic rings. The van der Waals surface area contributed by atoms with Crippen LogP contribution in [-0.2, 0) is 9.59 Å². The lowest BCUT2D eigenvalue weighted by Gasteiger charge is -2.26. The number of rotatable bonds is 5. The van der Waals surface area contributed by atoms with E-state index in [4.69, 9.17) is 11.6 Å². The Morgan fingerprint density at radius 3 is 2.52 bits per heavy atom. The predicted octanol–water partition coefficient (Wildman–Crippen LogP) is 2.70. The summed E-state index contributed by atoms with van der Waals surface area (Å²) in [5.74, 6) is -0.198. The van der Waals surface area contributed by atoms with Gasteiger partial charge in [0.2, 0.25) is 5.91 Å². The molecule has 1 heterocycles. The number of halogens is 1. The molecule has 2 aliphatic carbocycles. The molecule has 25 heavy (non-hydrogen) atoms. The largest absolute Gasteiger partial charge is 0.325 e. The van der Waals surface area contributed by atoms with Crippen LogP contribution in [0.25, 0.3) is 0 Å². The molecule has 0 bridgehead atoms. The summed E-state index contributed by atoms with van der Waals surface area (Å²) in [6.07, 6.45) is 3.85. The van der Waals surface area contributed by atoms with E-state index in [-0.39, 0.29) is 24.3 Å².